The molecular formula is C17H15BrO2S. The molecule has 3 rings (SSSR count). The van der Waals surface area contributed by atoms with Gasteiger partial charge in [0.2, 0.25) is 0 Å². The van der Waals surface area contributed by atoms with Gasteiger partial charge in [0, 0.05) is 21.2 Å². The highest BCUT2D eigenvalue weighted by Crippen LogP contribution is 2.29. The highest BCUT2D eigenvalue weighted by atomic mass is 79.9. The van der Waals surface area contributed by atoms with Crippen LogP contribution in [0.15, 0.2) is 47.8 Å². The quantitative estimate of drug-likeness (QED) is 0.567. The second-order valence-corrected chi connectivity index (χ2v) is 6.13. The van der Waals surface area contributed by atoms with Gasteiger partial charge in [-0.15, -0.1) is 11.3 Å². The molecule has 0 saturated carbocycles. The Morgan fingerprint density at radius 1 is 1.10 bits per heavy atom. The molecule has 21 heavy (non-hydrogen) atoms. The lowest BCUT2D eigenvalue weighted by atomic mass is 10.2. The Labute approximate surface area is 136 Å². The van der Waals surface area contributed by atoms with Crippen molar-refractivity contribution in [3.63, 3.8) is 0 Å². The van der Waals surface area contributed by atoms with Crippen molar-refractivity contribution in [2.45, 2.75) is 11.9 Å². The van der Waals surface area contributed by atoms with Gasteiger partial charge in [0.05, 0.1) is 7.11 Å². The molecule has 0 bridgehead atoms. The Bertz CT molecular complexity index is 751. The van der Waals surface area contributed by atoms with Crippen LogP contribution in [0.3, 0.4) is 0 Å². The van der Waals surface area contributed by atoms with Crippen molar-refractivity contribution in [2.24, 2.45) is 0 Å². The Morgan fingerprint density at radius 2 is 1.95 bits per heavy atom. The number of rotatable bonds is 5. The molecule has 108 valence electrons. The zero-order chi connectivity index (χ0) is 14.7. The number of ether oxygens (including phenoxy) is 2. The first-order valence-corrected chi connectivity index (χ1v) is 8.62. The molecule has 0 aliphatic heterocycles. The summed E-state index contributed by atoms with van der Waals surface area (Å²) in [6, 6.07) is 14.3. The number of thiophene rings is 1. The van der Waals surface area contributed by atoms with E-state index in [1.165, 1.54) is 15.6 Å². The minimum absolute atomic E-state index is 0.580. The third kappa shape index (κ3) is 3.06. The summed E-state index contributed by atoms with van der Waals surface area (Å²) in [5.74, 6) is 1.74. The van der Waals surface area contributed by atoms with Crippen LogP contribution in [0.5, 0.6) is 11.5 Å². The minimum Gasteiger partial charge on any atom is -0.497 e. The molecule has 0 saturated heterocycles. The van der Waals surface area contributed by atoms with Gasteiger partial charge in [-0.05, 0) is 35.0 Å². The molecule has 2 aromatic carbocycles. The van der Waals surface area contributed by atoms with Crippen LogP contribution in [-0.4, -0.2) is 7.11 Å². The van der Waals surface area contributed by atoms with Gasteiger partial charge in [0.1, 0.15) is 18.1 Å². The summed E-state index contributed by atoms with van der Waals surface area (Å²) >= 11 is 5.25. The van der Waals surface area contributed by atoms with Crippen molar-refractivity contribution in [1.29, 1.82) is 0 Å². The van der Waals surface area contributed by atoms with E-state index in [1.807, 2.05) is 18.2 Å². The molecule has 0 amide bonds. The summed E-state index contributed by atoms with van der Waals surface area (Å²) in [7, 11) is 1.67. The lowest BCUT2D eigenvalue weighted by Gasteiger charge is -2.11. The first-order chi connectivity index (χ1) is 10.3. The van der Waals surface area contributed by atoms with Crippen molar-refractivity contribution in [3.05, 3.63) is 59.0 Å². The molecule has 0 spiro atoms. The molecule has 0 aliphatic carbocycles. The molecule has 0 fully saturated rings. The van der Waals surface area contributed by atoms with E-state index in [0.717, 1.165) is 22.4 Å². The van der Waals surface area contributed by atoms with Crippen LogP contribution < -0.4 is 9.47 Å². The molecule has 1 heterocycles. The van der Waals surface area contributed by atoms with Gasteiger partial charge in [0.15, 0.2) is 0 Å². The summed E-state index contributed by atoms with van der Waals surface area (Å²) in [5.41, 5.74) is 2.32. The van der Waals surface area contributed by atoms with Crippen LogP contribution in [0.2, 0.25) is 0 Å². The lowest BCUT2D eigenvalue weighted by molar-refractivity contribution is 0.305. The van der Waals surface area contributed by atoms with Gasteiger partial charge in [-0.1, -0.05) is 34.1 Å². The van der Waals surface area contributed by atoms with Crippen LogP contribution >= 0.6 is 27.3 Å². The van der Waals surface area contributed by atoms with Crippen LogP contribution in [0.4, 0.5) is 0 Å². The molecule has 3 aromatic rings. The molecule has 0 unspecified atom stereocenters. The lowest BCUT2D eigenvalue weighted by Crippen LogP contribution is -1.97. The first-order valence-electron chi connectivity index (χ1n) is 6.62. The molecule has 4 heteroatoms. The topological polar surface area (TPSA) is 18.5 Å². The number of hydrogen-bond acceptors (Lipinski definition) is 3. The van der Waals surface area contributed by atoms with E-state index >= 15 is 0 Å². The molecule has 0 aliphatic rings. The molecule has 1 aromatic heterocycles. The second kappa shape index (κ2) is 6.50. The Kier molecular flexibility index (Phi) is 4.46. The fraction of sp³-hybridized carbons (Fsp3) is 0.176. The molecule has 0 atom stereocenters. The van der Waals surface area contributed by atoms with Crippen LogP contribution in [0.25, 0.3) is 10.1 Å². The van der Waals surface area contributed by atoms with E-state index in [4.69, 9.17) is 9.47 Å². The fourth-order valence-electron chi connectivity index (χ4n) is 2.23. The maximum atomic E-state index is 6.00. The largest absolute Gasteiger partial charge is 0.497 e. The van der Waals surface area contributed by atoms with Gasteiger partial charge in [-0.3, -0.25) is 0 Å². The maximum Gasteiger partial charge on any atom is 0.124 e. The Hall–Kier alpha value is -1.52. The van der Waals surface area contributed by atoms with E-state index in [1.54, 1.807) is 18.4 Å². The SMILES string of the molecule is COc1ccc(OCc2csc3ccccc23)c(CBr)c1. The number of halogens is 1. The van der Waals surface area contributed by atoms with Crippen molar-refractivity contribution >= 4 is 37.4 Å². The summed E-state index contributed by atoms with van der Waals surface area (Å²) in [4.78, 5) is 0. The molecule has 0 N–H and O–H groups in total. The zero-order valence-corrected chi connectivity index (χ0v) is 14.0. The van der Waals surface area contributed by atoms with E-state index in [0.29, 0.717) is 6.61 Å². The second-order valence-electron chi connectivity index (χ2n) is 4.65. The maximum absolute atomic E-state index is 6.00. The zero-order valence-electron chi connectivity index (χ0n) is 11.6. The highest BCUT2D eigenvalue weighted by molar-refractivity contribution is 9.08. The Morgan fingerprint density at radius 3 is 2.76 bits per heavy atom. The Balaban J connectivity index is 1.81. The average molecular weight is 363 g/mol. The highest BCUT2D eigenvalue weighted by Gasteiger charge is 2.08. The number of benzene rings is 2. The van der Waals surface area contributed by atoms with Gasteiger partial charge in [-0.25, -0.2) is 0 Å². The molecular weight excluding hydrogens is 348 g/mol. The van der Waals surface area contributed by atoms with Gasteiger partial charge in [-0.2, -0.15) is 0 Å². The summed E-state index contributed by atoms with van der Waals surface area (Å²) in [5, 5.41) is 4.18. The average Bonchev–Trinajstić information content (AvgIpc) is 2.96. The van der Waals surface area contributed by atoms with E-state index in [-0.39, 0.29) is 0 Å². The van der Waals surface area contributed by atoms with E-state index in [9.17, 15) is 0 Å². The third-order valence-corrected chi connectivity index (χ3v) is 4.97. The predicted octanol–water partition coefficient (Wildman–Crippen LogP) is 5.38. The predicted molar refractivity (Wildman–Crippen MR) is 91.8 cm³/mol. The van der Waals surface area contributed by atoms with Gasteiger partial charge in [0.25, 0.3) is 0 Å². The summed E-state index contributed by atoms with van der Waals surface area (Å²) in [6.45, 7) is 0.580. The third-order valence-electron chi connectivity index (χ3n) is 3.36. The normalized spacial score (nSPS) is 10.8. The van der Waals surface area contributed by atoms with Gasteiger partial charge < -0.3 is 9.47 Å². The summed E-state index contributed by atoms with van der Waals surface area (Å²) in [6.07, 6.45) is 0. The number of methoxy groups -OCH3 is 1. The summed E-state index contributed by atoms with van der Waals surface area (Å²) < 4.78 is 12.5. The van der Waals surface area contributed by atoms with Crippen LogP contribution in [0.1, 0.15) is 11.1 Å². The van der Waals surface area contributed by atoms with E-state index < -0.39 is 0 Å². The number of fused-ring (bicyclic) bond motifs is 1. The first kappa shape index (κ1) is 14.4. The standard InChI is InChI=1S/C17H15BrO2S/c1-19-14-6-7-16(12(8-14)9-18)20-10-13-11-21-17-5-3-2-4-15(13)17/h2-8,11H,9-10H2,1H3. The number of hydrogen-bond donors (Lipinski definition) is 0. The van der Waals surface area contributed by atoms with Crippen molar-refractivity contribution in [3.8, 4) is 11.5 Å². The van der Waals surface area contributed by atoms with Crippen molar-refractivity contribution in [2.75, 3.05) is 7.11 Å². The van der Waals surface area contributed by atoms with Crippen molar-refractivity contribution < 1.29 is 9.47 Å². The minimum atomic E-state index is 0.580. The molecule has 2 nitrogen and oxygen atoms in total. The van der Waals surface area contributed by atoms with Gasteiger partial charge >= 0.3 is 0 Å². The monoisotopic (exact) mass is 362 g/mol. The van der Waals surface area contributed by atoms with Crippen LogP contribution in [0, 0.1) is 0 Å². The fourth-order valence-corrected chi connectivity index (χ4v) is 3.61. The van der Waals surface area contributed by atoms with Crippen molar-refractivity contribution in [1.82, 2.24) is 0 Å². The van der Waals surface area contributed by atoms with E-state index in [2.05, 4.69) is 45.6 Å². The van der Waals surface area contributed by atoms with Crippen LogP contribution in [-0.2, 0) is 11.9 Å². The molecule has 0 radical (unpaired) electrons. The number of alkyl halides is 1. The smallest absolute Gasteiger partial charge is 0.124 e.